The summed E-state index contributed by atoms with van der Waals surface area (Å²) in [5, 5.41) is 2.79. The first-order chi connectivity index (χ1) is 13.2. The van der Waals surface area contributed by atoms with Crippen LogP contribution in [0.25, 0.3) is 5.82 Å². The lowest BCUT2D eigenvalue weighted by atomic mass is 10.3. The summed E-state index contributed by atoms with van der Waals surface area (Å²) >= 11 is 0. The number of urea groups is 1. The quantitative estimate of drug-likeness (QED) is 0.774. The second kappa shape index (κ2) is 7.45. The van der Waals surface area contributed by atoms with Gasteiger partial charge in [0.25, 0.3) is 0 Å². The molecule has 27 heavy (non-hydrogen) atoms. The van der Waals surface area contributed by atoms with Gasteiger partial charge in [-0.1, -0.05) is 0 Å². The molecular weight excluding hydrogens is 347 g/mol. The fourth-order valence-corrected chi connectivity index (χ4v) is 3.01. The Balaban J connectivity index is 1.37. The highest BCUT2D eigenvalue weighted by Gasteiger charge is 2.22. The first-order valence-electron chi connectivity index (χ1n) is 8.71. The number of carbonyl (C=O) groups excluding carboxylic acids is 1. The fourth-order valence-electron chi connectivity index (χ4n) is 3.01. The molecule has 0 saturated carbocycles. The van der Waals surface area contributed by atoms with Gasteiger partial charge in [0.1, 0.15) is 23.8 Å². The van der Waals surface area contributed by atoms with Crippen LogP contribution in [-0.2, 0) is 0 Å². The largest absolute Gasteiger partial charge is 0.353 e. The second-order valence-electron chi connectivity index (χ2n) is 6.24. The number of nitrogens with one attached hydrogen (secondary N) is 1. The van der Waals surface area contributed by atoms with Crippen LogP contribution >= 0.6 is 0 Å². The molecular formula is C19H19FN6O. The van der Waals surface area contributed by atoms with Crippen molar-refractivity contribution in [2.45, 2.75) is 0 Å². The van der Waals surface area contributed by atoms with Crippen molar-refractivity contribution in [3.8, 4) is 5.82 Å². The summed E-state index contributed by atoms with van der Waals surface area (Å²) in [7, 11) is 0. The third-order valence-electron chi connectivity index (χ3n) is 4.49. The van der Waals surface area contributed by atoms with Gasteiger partial charge in [-0.3, -0.25) is 0 Å². The van der Waals surface area contributed by atoms with Crippen LogP contribution in [0.1, 0.15) is 0 Å². The number of piperazine rings is 1. The monoisotopic (exact) mass is 366 g/mol. The molecule has 2 amide bonds. The van der Waals surface area contributed by atoms with Gasteiger partial charge >= 0.3 is 6.03 Å². The van der Waals surface area contributed by atoms with Gasteiger partial charge in [0.15, 0.2) is 0 Å². The zero-order valence-corrected chi connectivity index (χ0v) is 14.6. The van der Waals surface area contributed by atoms with Crippen molar-refractivity contribution < 1.29 is 9.18 Å². The van der Waals surface area contributed by atoms with Crippen LogP contribution in [0.2, 0.25) is 0 Å². The minimum absolute atomic E-state index is 0.183. The molecule has 0 atom stereocenters. The molecule has 1 aliphatic heterocycles. The van der Waals surface area contributed by atoms with Gasteiger partial charge in [0, 0.05) is 50.3 Å². The molecule has 3 aromatic rings. The number of halogens is 1. The lowest BCUT2D eigenvalue weighted by Gasteiger charge is -2.35. The molecule has 1 N–H and O–H groups in total. The van der Waals surface area contributed by atoms with Crippen LogP contribution in [0.15, 0.2) is 61.2 Å². The smallest absolute Gasteiger partial charge is 0.321 e. The number of hydrogen-bond donors (Lipinski definition) is 1. The highest BCUT2D eigenvalue weighted by atomic mass is 19.1. The molecule has 1 saturated heterocycles. The molecule has 0 spiro atoms. The maximum atomic E-state index is 13.0. The molecule has 1 aromatic carbocycles. The van der Waals surface area contributed by atoms with Crippen LogP contribution in [-0.4, -0.2) is 51.6 Å². The average molecular weight is 366 g/mol. The van der Waals surface area contributed by atoms with E-state index >= 15 is 0 Å². The van der Waals surface area contributed by atoms with Gasteiger partial charge in [-0.05, 0) is 36.4 Å². The minimum atomic E-state index is -0.328. The van der Waals surface area contributed by atoms with Crippen molar-refractivity contribution in [1.82, 2.24) is 19.4 Å². The Morgan fingerprint density at radius 3 is 2.33 bits per heavy atom. The van der Waals surface area contributed by atoms with Gasteiger partial charge in [0.05, 0.1) is 0 Å². The third kappa shape index (κ3) is 3.89. The Kier molecular flexibility index (Phi) is 4.69. The number of nitrogens with zero attached hydrogens (tertiary/aromatic N) is 5. The van der Waals surface area contributed by atoms with Gasteiger partial charge < -0.3 is 19.7 Å². The fraction of sp³-hybridized carbons (Fsp3) is 0.211. The van der Waals surface area contributed by atoms with E-state index in [2.05, 4.69) is 20.2 Å². The number of anilines is 2. The van der Waals surface area contributed by atoms with E-state index in [-0.39, 0.29) is 11.8 Å². The van der Waals surface area contributed by atoms with Crippen molar-refractivity contribution in [1.29, 1.82) is 0 Å². The molecule has 4 rings (SSSR count). The molecule has 0 bridgehead atoms. The van der Waals surface area contributed by atoms with E-state index in [1.807, 2.05) is 35.2 Å². The van der Waals surface area contributed by atoms with Gasteiger partial charge in [-0.2, -0.15) is 0 Å². The summed E-state index contributed by atoms with van der Waals surface area (Å²) < 4.78 is 14.9. The van der Waals surface area contributed by atoms with Crippen LogP contribution in [0.5, 0.6) is 0 Å². The summed E-state index contributed by atoms with van der Waals surface area (Å²) in [5.74, 6) is 1.32. The maximum Gasteiger partial charge on any atom is 0.321 e. The zero-order valence-electron chi connectivity index (χ0n) is 14.6. The molecule has 3 heterocycles. The van der Waals surface area contributed by atoms with Gasteiger partial charge in [-0.15, -0.1) is 0 Å². The SMILES string of the molecule is O=C(Nc1ccc(F)cc1)N1CCN(c2cc(-n3cccc3)ncn2)CC1. The van der Waals surface area contributed by atoms with E-state index in [9.17, 15) is 9.18 Å². The van der Waals surface area contributed by atoms with E-state index in [0.29, 0.717) is 31.9 Å². The summed E-state index contributed by atoms with van der Waals surface area (Å²) in [6.07, 6.45) is 5.42. The average Bonchev–Trinajstić information content (AvgIpc) is 3.25. The van der Waals surface area contributed by atoms with Gasteiger partial charge in [-0.25, -0.2) is 19.2 Å². The third-order valence-corrected chi connectivity index (χ3v) is 4.49. The highest BCUT2D eigenvalue weighted by molar-refractivity contribution is 5.89. The normalized spacial score (nSPS) is 14.3. The van der Waals surface area contributed by atoms with Crippen LogP contribution in [0.4, 0.5) is 20.7 Å². The summed E-state index contributed by atoms with van der Waals surface area (Å²) in [6.45, 7) is 2.52. The van der Waals surface area contributed by atoms with Crippen LogP contribution < -0.4 is 10.2 Å². The van der Waals surface area contributed by atoms with E-state index in [1.165, 1.54) is 12.1 Å². The van der Waals surface area contributed by atoms with Crippen molar-refractivity contribution >= 4 is 17.5 Å². The predicted molar refractivity (Wildman–Crippen MR) is 101 cm³/mol. The lowest BCUT2D eigenvalue weighted by Crippen LogP contribution is -2.50. The number of carbonyl (C=O) groups is 1. The number of amides is 2. The van der Waals surface area contributed by atoms with Crippen molar-refractivity contribution in [3.63, 3.8) is 0 Å². The predicted octanol–water partition coefficient (Wildman–Crippen LogP) is 2.76. The first kappa shape index (κ1) is 17.0. The molecule has 8 heteroatoms. The van der Waals surface area contributed by atoms with Crippen LogP contribution in [0.3, 0.4) is 0 Å². The molecule has 1 fully saturated rings. The Morgan fingerprint density at radius 2 is 1.63 bits per heavy atom. The van der Waals surface area contributed by atoms with Crippen molar-refractivity contribution in [2.24, 2.45) is 0 Å². The van der Waals surface area contributed by atoms with Crippen molar-refractivity contribution in [2.75, 3.05) is 36.4 Å². The van der Waals surface area contributed by atoms with Gasteiger partial charge in [0.2, 0.25) is 0 Å². The molecule has 0 aliphatic carbocycles. The highest BCUT2D eigenvalue weighted by Crippen LogP contribution is 2.17. The first-order valence-corrected chi connectivity index (χ1v) is 8.71. The second-order valence-corrected chi connectivity index (χ2v) is 6.24. The van der Waals surface area contributed by atoms with E-state index in [0.717, 1.165) is 11.6 Å². The summed E-state index contributed by atoms with van der Waals surface area (Å²) in [5.41, 5.74) is 0.580. The summed E-state index contributed by atoms with van der Waals surface area (Å²) in [6, 6.07) is 11.4. The Morgan fingerprint density at radius 1 is 0.963 bits per heavy atom. The maximum absolute atomic E-state index is 13.0. The van der Waals surface area contributed by atoms with Crippen LogP contribution in [0, 0.1) is 5.82 Å². The number of aromatic nitrogens is 3. The molecule has 1 aliphatic rings. The topological polar surface area (TPSA) is 66.3 Å². The zero-order chi connectivity index (χ0) is 18.6. The Hall–Kier alpha value is -3.42. The number of benzene rings is 1. The molecule has 0 radical (unpaired) electrons. The minimum Gasteiger partial charge on any atom is -0.353 e. The Labute approximate surface area is 156 Å². The van der Waals surface area contributed by atoms with E-state index in [1.54, 1.807) is 23.4 Å². The van der Waals surface area contributed by atoms with E-state index < -0.39 is 0 Å². The van der Waals surface area contributed by atoms with Crippen molar-refractivity contribution in [3.05, 3.63) is 67.0 Å². The molecule has 2 aromatic heterocycles. The molecule has 7 nitrogen and oxygen atoms in total. The lowest BCUT2D eigenvalue weighted by molar-refractivity contribution is 0.208. The Bertz CT molecular complexity index is 904. The molecule has 0 unspecified atom stereocenters. The number of hydrogen-bond acceptors (Lipinski definition) is 4. The summed E-state index contributed by atoms with van der Waals surface area (Å²) in [4.78, 5) is 24.9. The van der Waals surface area contributed by atoms with E-state index in [4.69, 9.17) is 0 Å². The number of rotatable bonds is 3. The molecule has 138 valence electrons. The standard InChI is InChI=1S/C19H19FN6O/c20-15-3-5-16(6-4-15)23-19(27)26-11-9-25(10-12-26)18-13-17(21-14-22-18)24-7-1-2-8-24/h1-8,13-14H,9-12H2,(H,23,27).